The van der Waals surface area contributed by atoms with Crippen LogP contribution in [0.3, 0.4) is 0 Å². The van der Waals surface area contributed by atoms with Crippen LogP contribution in [-0.4, -0.2) is 13.1 Å². The molecule has 0 heterocycles. The van der Waals surface area contributed by atoms with E-state index in [4.69, 9.17) is 0 Å². The molecule has 0 atom stereocenters. The van der Waals surface area contributed by atoms with Crippen LogP contribution in [0.2, 0.25) is 0 Å². The normalized spacial score (nSPS) is 11.1. The number of esters is 1. The molecule has 0 saturated carbocycles. The van der Waals surface area contributed by atoms with E-state index in [1.54, 1.807) is 0 Å². The summed E-state index contributed by atoms with van der Waals surface area (Å²) in [6.45, 7) is 3.40. The lowest BCUT2D eigenvalue weighted by Crippen LogP contribution is -2.12. The molecular formula is C12H11F3O2. The molecule has 0 radical (unpaired) electrons. The third kappa shape index (κ3) is 3.34. The quantitative estimate of drug-likeness (QED) is 0.603. The first-order valence-corrected chi connectivity index (χ1v) is 4.77. The Morgan fingerprint density at radius 2 is 1.94 bits per heavy atom. The van der Waals surface area contributed by atoms with Crippen LogP contribution in [0.1, 0.15) is 11.1 Å². The van der Waals surface area contributed by atoms with E-state index in [2.05, 4.69) is 11.3 Å². The molecule has 0 bridgehead atoms. The lowest BCUT2D eigenvalue weighted by molar-refractivity contribution is -0.139. The van der Waals surface area contributed by atoms with Crippen molar-refractivity contribution in [1.29, 1.82) is 0 Å². The van der Waals surface area contributed by atoms with E-state index in [9.17, 15) is 18.0 Å². The fourth-order valence-corrected chi connectivity index (χ4v) is 1.40. The summed E-state index contributed by atoms with van der Waals surface area (Å²) in [5.41, 5.74) is -0.760. The fraction of sp³-hybridized carbons (Fsp3) is 0.250. The molecule has 0 amide bonds. The SMILES string of the molecule is C=C(Cc1ccccc1C(F)(F)F)C(=O)OC. The smallest absolute Gasteiger partial charge is 0.416 e. The van der Waals surface area contributed by atoms with Gasteiger partial charge in [-0.1, -0.05) is 24.8 Å². The molecule has 17 heavy (non-hydrogen) atoms. The van der Waals surface area contributed by atoms with Crippen molar-refractivity contribution >= 4 is 5.97 Å². The number of methoxy groups -OCH3 is 1. The largest absolute Gasteiger partial charge is 0.466 e. The predicted molar refractivity (Wildman–Crippen MR) is 56.3 cm³/mol. The van der Waals surface area contributed by atoms with Crippen LogP contribution in [0.15, 0.2) is 36.4 Å². The van der Waals surface area contributed by atoms with Crippen molar-refractivity contribution in [3.8, 4) is 0 Å². The van der Waals surface area contributed by atoms with Crippen LogP contribution >= 0.6 is 0 Å². The standard InChI is InChI=1S/C12H11F3O2/c1-8(11(16)17-2)7-9-5-3-4-6-10(9)12(13,14)15/h3-6H,1,7H2,2H3. The van der Waals surface area contributed by atoms with Crippen LogP contribution < -0.4 is 0 Å². The van der Waals surface area contributed by atoms with Gasteiger partial charge in [-0.2, -0.15) is 13.2 Å². The van der Waals surface area contributed by atoms with Gasteiger partial charge in [-0.15, -0.1) is 0 Å². The summed E-state index contributed by atoms with van der Waals surface area (Å²) in [6, 6.07) is 5.07. The first kappa shape index (κ1) is 13.3. The fourth-order valence-electron chi connectivity index (χ4n) is 1.40. The van der Waals surface area contributed by atoms with Gasteiger partial charge in [-0.25, -0.2) is 4.79 Å². The topological polar surface area (TPSA) is 26.3 Å². The third-order valence-corrected chi connectivity index (χ3v) is 2.20. The Hall–Kier alpha value is -1.78. The monoisotopic (exact) mass is 244 g/mol. The zero-order chi connectivity index (χ0) is 13.1. The molecule has 0 aliphatic heterocycles. The number of carbonyl (C=O) groups is 1. The van der Waals surface area contributed by atoms with Crippen molar-refractivity contribution in [2.45, 2.75) is 12.6 Å². The molecule has 0 fully saturated rings. The second-order valence-electron chi connectivity index (χ2n) is 3.43. The molecule has 1 aromatic carbocycles. The van der Waals surface area contributed by atoms with Gasteiger partial charge in [0.2, 0.25) is 0 Å². The lowest BCUT2D eigenvalue weighted by atomic mass is 10.0. The van der Waals surface area contributed by atoms with Crippen LogP contribution in [0.25, 0.3) is 0 Å². The highest BCUT2D eigenvalue weighted by atomic mass is 19.4. The van der Waals surface area contributed by atoms with Crippen molar-refractivity contribution in [2.75, 3.05) is 7.11 Å². The maximum atomic E-state index is 12.6. The Bertz CT molecular complexity index is 436. The summed E-state index contributed by atoms with van der Waals surface area (Å²) < 4.78 is 42.3. The Labute approximate surface area is 96.7 Å². The first-order valence-electron chi connectivity index (χ1n) is 4.77. The van der Waals surface area contributed by atoms with Gasteiger partial charge in [-0.05, 0) is 11.6 Å². The van der Waals surface area contributed by atoms with E-state index < -0.39 is 17.7 Å². The van der Waals surface area contributed by atoms with Crippen molar-refractivity contribution in [3.63, 3.8) is 0 Å². The maximum absolute atomic E-state index is 12.6. The number of benzene rings is 1. The molecular weight excluding hydrogens is 233 g/mol. The number of halogens is 3. The van der Waals surface area contributed by atoms with Gasteiger partial charge in [0.1, 0.15) is 0 Å². The third-order valence-electron chi connectivity index (χ3n) is 2.20. The van der Waals surface area contributed by atoms with Crippen molar-refractivity contribution in [1.82, 2.24) is 0 Å². The average Bonchev–Trinajstić information content (AvgIpc) is 2.27. The van der Waals surface area contributed by atoms with Crippen LogP contribution in [0, 0.1) is 0 Å². The molecule has 0 N–H and O–H groups in total. The highest BCUT2D eigenvalue weighted by molar-refractivity contribution is 5.88. The molecule has 2 nitrogen and oxygen atoms in total. The summed E-state index contributed by atoms with van der Waals surface area (Å²) in [5.74, 6) is -0.707. The Morgan fingerprint density at radius 1 is 1.35 bits per heavy atom. The van der Waals surface area contributed by atoms with Crippen molar-refractivity contribution in [3.05, 3.63) is 47.5 Å². The van der Waals surface area contributed by atoms with Gasteiger partial charge in [0.25, 0.3) is 0 Å². The molecule has 0 unspecified atom stereocenters. The van der Waals surface area contributed by atoms with Gasteiger partial charge in [0.05, 0.1) is 12.7 Å². The van der Waals surface area contributed by atoms with E-state index in [0.717, 1.165) is 13.2 Å². The van der Waals surface area contributed by atoms with E-state index in [-0.39, 0.29) is 17.6 Å². The average molecular weight is 244 g/mol. The number of ether oxygens (including phenoxy) is 1. The van der Waals surface area contributed by atoms with Gasteiger partial charge in [-0.3, -0.25) is 0 Å². The lowest BCUT2D eigenvalue weighted by Gasteiger charge is -2.12. The predicted octanol–water partition coefficient (Wildman–Crippen LogP) is 2.98. The minimum Gasteiger partial charge on any atom is -0.466 e. The molecule has 0 aromatic heterocycles. The summed E-state index contributed by atoms with van der Waals surface area (Å²) in [6.07, 6.45) is -4.62. The minimum absolute atomic E-state index is 0.00963. The maximum Gasteiger partial charge on any atom is 0.416 e. The Kier molecular flexibility index (Phi) is 3.93. The molecule has 0 aliphatic rings. The Balaban J connectivity index is 3.00. The highest BCUT2D eigenvalue weighted by Gasteiger charge is 2.33. The molecule has 0 aliphatic carbocycles. The van der Waals surface area contributed by atoms with Gasteiger partial charge < -0.3 is 4.74 Å². The Morgan fingerprint density at radius 3 is 2.47 bits per heavy atom. The van der Waals surface area contributed by atoms with E-state index in [1.165, 1.54) is 18.2 Å². The second-order valence-corrected chi connectivity index (χ2v) is 3.43. The van der Waals surface area contributed by atoms with Crippen molar-refractivity contribution < 1.29 is 22.7 Å². The number of hydrogen-bond acceptors (Lipinski definition) is 2. The first-order chi connectivity index (χ1) is 7.86. The minimum atomic E-state index is -4.44. The van der Waals surface area contributed by atoms with Gasteiger partial charge in [0.15, 0.2) is 0 Å². The van der Waals surface area contributed by atoms with Crippen molar-refractivity contribution in [2.24, 2.45) is 0 Å². The molecule has 92 valence electrons. The molecule has 5 heteroatoms. The van der Waals surface area contributed by atoms with Crippen LogP contribution in [0.4, 0.5) is 13.2 Å². The van der Waals surface area contributed by atoms with Gasteiger partial charge in [0, 0.05) is 12.0 Å². The summed E-state index contributed by atoms with van der Waals surface area (Å²) in [4.78, 5) is 11.1. The zero-order valence-corrected chi connectivity index (χ0v) is 9.17. The number of carbonyl (C=O) groups excluding carboxylic acids is 1. The van der Waals surface area contributed by atoms with E-state index in [1.807, 2.05) is 0 Å². The van der Waals surface area contributed by atoms with E-state index in [0.29, 0.717) is 0 Å². The molecule has 1 aromatic rings. The number of hydrogen-bond donors (Lipinski definition) is 0. The van der Waals surface area contributed by atoms with E-state index >= 15 is 0 Å². The second kappa shape index (κ2) is 5.03. The van der Waals surface area contributed by atoms with Crippen LogP contribution in [-0.2, 0) is 22.1 Å². The molecule has 1 rings (SSSR count). The molecule has 0 saturated heterocycles. The summed E-state index contributed by atoms with van der Waals surface area (Å²) in [5, 5.41) is 0. The molecule has 0 spiro atoms. The summed E-state index contributed by atoms with van der Waals surface area (Å²) >= 11 is 0. The van der Waals surface area contributed by atoms with Gasteiger partial charge >= 0.3 is 12.1 Å². The zero-order valence-electron chi connectivity index (χ0n) is 9.17. The number of alkyl halides is 3. The summed E-state index contributed by atoms with van der Waals surface area (Å²) in [7, 11) is 1.16. The highest BCUT2D eigenvalue weighted by Crippen LogP contribution is 2.32. The van der Waals surface area contributed by atoms with Crippen LogP contribution in [0.5, 0.6) is 0 Å². The number of rotatable bonds is 3.